The van der Waals surface area contributed by atoms with Gasteiger partial charge >= 0.3 is 0 Å². The summed E-state index contributed by atoms with van der Waals surface area (Å²) in [5.74, 6) is 2.06. The van der Waals surface area contributed by atoms with Crippen molar-refractivity contribution in [1.82, 2.24) is 0 Å². The summed E-state index contributed by atoms with van der Waals surface area (Å²) in [6.45, 7) is 5.92. The van der Waals surface area contributed by atoms with E-state index in [0.29, 0.717) is 17.9 Å². The minimum absolute atomic E-state index is 0.167. The zero-order valence-electron chi connectivity index (χ0n) is 16.4. The van der Waals surface area contributed by atoms with E-state index in [1.807, 2.05) is 93.6 Å². The zero-order valence-corrected chi connectivity index (χ0v) is 16.4. The Morgan fingerprint density at radius 3 is 2.29 bits per heavy atom. The third kappa shape index (κ3) is 5.13. The summed E-state index contributed by atoms with van der Waals surface area (Å²) in [7, 11) is 0. The standard InChI is InChI=1S/C24H25NO3/c1-4-22(28-23-16-17(2)10-11-18(23)3)24(26)25-19-12-14-21(15-13-19)27-20-8-6-5-7-9-20/h5-16,22H,4H2,1-3H3,(H,25,26)/t22-/m1/s1. The highest BCUT2D eigenvalue weighted by molar-refractivity contribution is 5.94. The second-order valence-electron chi connectivity index (χ2n) is 6.71. The number of carbonyl (C=O) groups is 1. The monoisotopic (exact) mass is 375 g/mol. The van der Waals surface area contributed by atoms with Crippen LogP contribution in [0.3, 0.4) is 0 Å². The molecule has 4 heteroatoms. The van der Waals surface area contributed by atoms with Gasteiger partial charge in [0.25, 0.3) is 5.91 Å². The van der Waals surface area contributed by atoms with Gasteiger partial charge in [0, 0.05) is 5.69 Å². The van der Waals surface area contributed by atoms with Crippen LogP contribution < -0.4 is 14.8 Å². The van der Waals surface area contributed by atoms with E-state index in [2.05, 4.69) is 5.32 Å². The number of anilines is 1. The average molecular weight is 375 g/mol. The Morgan fingerprint density at radius 1 is 0.929 bits per heavy atom. The number of rotatable bonds is 7. The number of benzene rings is 3. The Hall–Kier alpha value is -3.27. The first-order valence-corrected chi connectivity index (χ1v) is 9.43. The summed E-state index contributed by atoms with van der Waals surface area (Å²) in [6, 6.07) is 22.9. The van der Waals surface area contributed by atoms with Crippen LogP contribution in [0.2, 0.25) is 0 Å². The predicted octanol–water partition coefficient (Wildman–Crippen LogP) is 5.89. The molecule has 144 valence electrons. The van der Waals surface area contributed by atoms with E-state index in [0.717, 1.165) is 22.6 Å². The van der Waals surface area contributed by atoms with E-state index in [1.165, 1.54) is 0 Å². The molecule has 4 nitrogen and oxygen atoms in total. The average Bonchev–Trinajstić information content (AvgIpc) is 2.70. The van der Waals surface area contributed by atoms with Crippen LogP contribution in [-0.4, -0.2) is 12.0 Å². The Morgan fingerprint density at radius 2 is 1.61 bits per heavy atom. The van der Waals surface area contributed by atoms with Crippen molar-refractivity contribution in [3.05, 3.63) is 83.9 Å². The highest BCUT2D eigenvalue weighted by atomic mass is 16.5. The van der Waals surface area contributed by atoms with Crippen LogP contribution in [0.1, 0.15) is 24.5 Å². The van der Waals surface area contributed by atoms with Gasteiger partial charge in [-0.15, -0.1) is 0 Å². The third-order valence-electron chi connectivity index (χ3n) is 4.38. The molecule has 3 aromatic carbocycles. The van der Waals surface area contributed by atoms with Crippen LogP contribution in [0, 0.1) is 13.8 Å². The molecule has 1 amide bonds. The smallest absolute Gasteiger partial charge is 0.265 e. The summed E-state index contributed by atoms with van der Waals surface area (Å²) in [4.78, 5) is 12.7. The molecular weight excluding hydrogens is 350 g/mol. The summed E-state index contributed by atoms with van der Waals surface area (Å²) < 4.78 is 11.7. The first-order chi connectivity index (χ1) is 13.5. The third-order valence-corrected chi connectivity index (χ3v) is 4.38. The van der Waals surface area contributed by atoms with Gasteiger partial charge in [0.05, 0.1) is 0 Å². The SMILES string of the molecule is CC[C@@H](Oc1cc(C)ccc1C)C(=O)Nc1ccc(Oc2ccccc2)cc1. The van der Waals surface area contributed by atoms with E-state index in [-0.39, 0.29) is 5.91 Å². The van der Waals surface area contributed by atoms with Gasteiger partial charge in [0.2, 0.25) is 0 Å². The predicted molar refractivity (Wildman–Crippen MR) is 112 cm³/mol. The quantitative estimate of drug-likeness (QED) is 0.560. The van der Waals surface area contributed by atoms with Crippen molar-refractivity contribution in [3.8, 4) is 17.2 Å². The number of amides is 1. The minimum Gasteiger partial charge on any atom is -0.480 e. The maximum Gasteiger partial charge on any atom is 0.265 e. The fraction of sp³-hybridized carbons (Fsp3) is 0.208. The number of hydrogen-bond acceptors (Lipinski definition) is 3. The number of hydrogen-bond donors (Lipinski definition) is 1. The van der Waals surface area contributed by atoms with Crippen molar-refractivity contribution < 1.29 is 14.3 Å². The van der Waals surface area contributed by atoms with Gasteiger partial charge < -0.3 is 14.8 Å². The molecule has 1 atom stereocenters. The second kappa shape index (κ2) is 9.09. The van der Waals surface area contributed by atoms with E-state index in [1.54, 1.807) is 0 Å². The number of carbonyl (C=O) groups excluding carboxylic acids is 1. The van der Waals surface area contributed by atoms with Crippen molar-refractivity contribution >= 4 is 11.6 Å². The fourth-order valence-corrected chi connectivity index (χ4v) is 2.76. The molecular formula is C24H25NO3. The van der Waals surface area contributed by atoms with Crippen LogP contribution in [0.25, 0.3) is 0 Å². The maximum atomic E-state index is 12.7. The maximum absolute atomic E-state index is 12.7. The van der Waals surface area contributed by atoms with Gasteiger partial charge in [0.15, 0.2) is 6.10 Å². The first-order valence-electron chi connectivity index (χ1n) is 9.43. The van der Waals surface area contributed by atoms with Crippen molar-refractivity contribution in [2.75, 3.05) is 5.32 Å². The van der Waals surface area contributed by atoms with Crippen LogP contribution in [0.5, 0.6) is 17.2 Å². The normalized spacial score (nSPS) is 11.5. The number of nitrogens with one attached hydrogen (secondary N) is 1. The van der Waals surface area contributed by atoms with Gasteiger partial charge in [-0.25, -0.2) is 0 Å². The van der Waals surface area contributed by atoms with Gasteiger partial charge in [-0.05, 0) is 73.9 Å². The zero-order chi connectivity index (χ0) is 19.9. The highest BCUT2D eigenvalue weighted by Gasteiger charge is 2.19. The fourth-order valence-electron chi connectivity index (χ4n) is 2.76. The summed E-state index contributed by atoms with van der Waals surface area (Å²) in [5.41, 5.74) is 2.82. The molecule has 0 aliphatic rings. The number of para-hydroxylation sites is 1. The summed E-state index contributed by atoms with van der Waals surface area (Å²) in [5, 5.41) is 2.92. The summed E-state index contributed by atoms with van der Waals surface area (Å²) >= 11 is 0. The Bertz CT molecular complexity index is 920. The van der Waals surface area contributed by atoms with E-state index < -0.39 is 6.10 Å². The number of aryl methyl sites for hydroxylation is 2. The molecule has 0 spiro atoms. The highest BCUT2D eigenvalue weighted by Crippen LogP contribution is 2.24. The molecule has 0 heterocycles. The van der Waals surface area contributed by atoms with Crippen LogP contribution in [0.15, 0.2) is 72.8 Å². The van der Waals surface area contributed by atoms with Crippen molar-refractivity contribution in [2.45, 2.75) is 33.3 Å². The van der Waals surface area contributed by atoms with Crippen molar-refractivity contribution in [1.29, 1.82) is 0 Å². The second-order valence-corrected chi connectivity index (χ2v) is 6.71. The van der Waals surface area contributed by atoms with E-state index >= 15 is 0 Å². The molecule has 0 fully saturated rings. The van der Waals surface area contributed by atoms with Gasteiger partial charge in [0.1, 0.15) is 17.2 Å². The van der Waals surface area contributed by atoms with Crippen LogP contribution in [0.4, 0.5) is 5.69 Å². The number of ether oxygens (including phenoxy) is 2. The molecule has 3 aromatic rings. The molecule has 1 N–H and O–H groups in total. The lowest BCUT2D eigenvalue weighted by molar-refractivity contribution is -0.122. The Kier molecular flexibility index (Phi) is 6.33. The molecule has 0 unspecified atom stereocenters. The lowest BCUT2D eigenvalue weighted by Crippen LogP contribution is -2.32. The van der Waals surface area contributed by atoms with Crippen molar-refractivity contribution in [3.63, 3.8) is 0 Å². The molecule has 3 rings (SSSR count). The van der Waals surface area contributed by atoms with Gasteiger partial charge in [-0.3, -0.25) is 4.79 Å². The van der Waals surface area contributed by atoms with E-state index in [4.69, 9.17) is 9.47 Å². The Labute approximate surface area is 166 Å². The molecule has 0 aliphatic carbocycles. The lowest BCUT2D eigenvalue weighted by Gasteiger charge is -2.19. The lowest BCUT2D eigenvalue weighted by atomic mass is 10.1. The molecule has 0 bridgehead atoms. The molecule has 28 heavy (non-hydrogen) atoms. The van der Waals surface area contributed by atoms with Gasteiger partial charge in [-0.2, -0.15) is 0 Å². The Balaban J connectivity index is 1.63. The minimum atomic E-state index is -0.555. The van der Waals surface area contributed by atoms with E-state index in [9.17, 15) is 4.79 Å². The van der Waals surface area contributed by atoms with Crippen LogP contribution >= 0.6 is 0 Å². The largest absolute Gasteiger partial charge is 0.480 e. The first kappa shape index (κ1) is 19.5. The topological polar surface area (TPSA) is 47.6 Å². The molecule has 0 saturated carbocycles. The molecule has 0 aromatic heterocycles. The summed E-state index contributed by atoms with van der Waals surface area (Å²) in [6.07, 6.45) is 0.0229. The molecule has 0 aliphatic heterocycles. The van der Waals surface area contributed by atoms with Gasteiger partial charge in [-0.1, -0.05) is 37.3 Å². The van der Waals surface area contributed by atoms with Crippen molar-refractivity contribution in [2.24, 2.45) is 0 Å². The molecule has 0 saturated heterocycles. The molecule has 0 radical (unpaired) electrons. The van der Waals surface area contributed by atoms with Crippen LogP contribution in [-0.2, 0) is 4.79 Å².